The summed E-state index contributed by atoms with van der Waals surface area (Å²) in [6, 6.07) is 27.3. The van der Waals surface area contributed by atoms with Crippen LogP contribution in [0, 0.1) is 180 Å². The standard InChI is InChI=1S/C31H53NSi.C30H51NOSi.C29H49NSi.C25H49NSi/c1-20(2)27-23(5)30(26-19-18-24-16-11-12-17-25(24)28(26)27)33(9,10)32(31(6,7)8)29-21(3)14-13-15-22(29)4;1-20(2)27-21(3)29(26-19-14-22-12-10-11-13-25(22)28(26)27)33(8,9)31(30(4,5)6)23-15-17-24(32-7)18-16-23;1-20(2)26-21(3)28(25-19-18-22-14-12-13-17-24(22)27(25)26)31(7,8)30(29(4,5)6)23-15-10-9-11-16-23;1-10-26(25(5,6)7)27(8,9)24-18(4)22(17(2)3)23-20-14-12-11-13-19(20)15-16-21(23)24/h13-15,20,23-28,30H,11-12,16-19H2,1-10H3;15-18,20-22,25-29H,10-14,19H2,1-9H3;9-11,15-16,20-22,24-28H,12-14,17-19H2,1-8H3;17-24H,10-16H2,1-9H3. The van der Waals surface area contributed by atoms with Crippen LogP contribution in [0.25, 0.3) is 0 Å². The molecule has 12 aliphatic carbocycles. The van der Waals surface area contributed by atoms with Gasteiger partial charge in [-0.2, -0.15) is 0 Å². The summed E-state index contributed by atoms with van der Waals surface area (Å²) in [7, 11) is -5.16. The molecule has 0 radical (unpaired) electrons. The minimum absolute atomic E-state index is 0.109. The van der Waals surface area contributed by atoms with E-state index in [0.29, 0.717) is 5.54 Å². The van der Waals surface area contributed by atoms with Crippen molar-refractivity contribution < 1.29 is 4.74 Å². The third-order valence-corrected chi connectivity index (χ3v) is 58.5. The van der Waals surface area contributed by atoms with Gasteiger partial charge in [0, 0.05) is 39.2 Å². The SMILES string of the molecule is CC(C)C1C(C)C([Si](C)(C)N(c2ccccc2)C(C)(C)C)C2CCC3CCCCC3C21.CCN(C(C)(C)C)[Si](C)(C)C1C(C)C(C(C)C)C2C3CCCCC3CCC21.COc1ccc(N(C(C)(C)C)[Si](C)(C)C2C(C)C(C(C)C)C3C4CCCCC4CCC32)cc1.Cc1cccc(C)c1N(C(C)(C)C)[Si](C)(C)C1C(C)C(C(C)C)C2C3CCCCC3CCC21. The van der Waals surface area contributed by atoms with E-state index in [0.717, 1.165) is 194 Å². The number of fused-ring (bicyclic) bond motifs is 12. The van der Waals surface area contributed by atoms with E-state index in [2.05, 4.69) is 330 Å². The lowest BCUT2D eigenvalue weighted by atomic mass is 9.59. The molecule has 0 amide bonds. The fourth-order valence-electron chi connectivity index (χ4n) is 38.3. The lowest BCUT2D eigenvalue weighted by Gasteiger charge is -2.55. The van der Waals surface area contributed by atoms with E-state index in [9.17, 15) is 0 Å². The molecular weight excluding hydrogens is 1570 g/mol. The van der Waals surface area contributed by atoms with E-state index in [1.165, 1.54) is 157 Å². The molecule has 0 bridgehead atoms. The summed E-state index contributed by atoms with van der Waals surface area (Å²) in [6.45, 7) is 90.6. The average molecular weight is 1770 g/mol. The molecule has 3 aromatic rings. The first kappa shape index (κ1) is 101. The predicted molar refractivity (Wildman–Crippen MR) is 556 cm³/mol. The van der Waals surface area contributed by atoms with Crippen LogP contribution < -0.4 is 18.4 Å². The van der Waals surface area contributed by atoms with Crippen molar-refractivity contribution in [2.24, 2.45) is 166 Å². The summed E-state index contributed by atoms with van der Waals surface area (Å²) in [6.07, 6.45) is 36.3. The highest BCUT2D eigenvalue weighted by Crippen LogP contribution is 2.71. The number of hydrogen-bond acceptors (Lipinski definition) is 5. The molecule has 28 unspecified atom stereocenters. The number of benzene rings is 3. The van der Waals surface area contributed by atoms with Gasteiger partial charge in [-0.3, -0.25) is 0 Å². The molecule has 0 saturated heterocycles. The number of ether oxygens (including phenoxy) is 1. The topological polar surface area (TPSA) is 22.2 Å². The highest BCUT2D eigenvalue weighted by molar-refractivity contribution is 6.84. The molecule has 5 nitrogen and oxygen atoms in total. The second-order valence-electron chi connectivity index (χ2n) is 53.3. The molecule has 0 heterocycles. The number of hydrogen-bond donors (Lipinski definition) is 0. The third-order valence-electron chi connectivity index (χ3n) is 39.5. The van der Waals surface area contributed by atoms with Gasteiger partial charge in [-0.25, -0.2) is 0 Å². The number of para-hydroxylation sites is 2. The van der Waals surface area contributed by atoms with Gasteiger partial charge in [-0.1, -0.05) is 256 Å². The smallest absolute Gasteiger partial charge is 0.154 e. The molecule has 0 aromatic heterocycles. The van der Waals surface area contributed by atoms with Gasteiger partial charge >= 0.3 is 0 Å². The number of nitrogens with zero attached hydrogens (tertiary/aromatic N) is 4. The molecule has 0 aliphatic heterocycles. The van der Waals surface area contributed by atoms with Crippen molar-refractivity contribution in [2.45, 2.75) is 438 Å². The maximum absolute atomic E-state index is 5.49. The lowest BCUT2D eigenvalue weighted by molar-refractivity contribution is 0.0317. The largest absolute Gasteiger partial charge is 0.497 e. The average Bonchev–Trinajstić information content (AvgIpc) is 1.57. The van der Waals surface area contributed by atoms with Crippen molar-refractivity contribution in [1.82, 2.24) is 4.57 Å². The van der Waals surface area contributed by atoms with Crippen LogP contribution in [0.4, 0.5) is 17.1 Å². The van der Waals surface area contributed by atoms with Gasteiger partial charge in [0.1, 0.15) is 14.0 Å². The molecule has 12 saturated carbocycles. The van der Waals surface area contributed by atoms with Crippen molar-refractivity contribution in [2.75, 3.05) is 27.4 Å². The van der Waals surface area contributed by atoms with Crippen molar-refractivity contribution in [3.63, 3.8) is 0 Å². The number of rotatable bonds is 17. The number of methoxy groups -OCH3 is 1. The Morgan fingerprint density at radius 1 is 0.315 bits per heavy atom. The Kier molecular flexibility index (Phi) is 31.9. The molecule has 9 heteroatoms. The van der Waals surface area contributed by atoms with E-state index < -0.39 is 32.9 Å². The van der Waals surface area contributed by atoms with Gasteiger partial charge in [0.2, 0.25) is 0 Å². The Balaban J connectivity index is 0.000000151. The van der Waals surface area contributed by atoms with E-state index >= 15 is 0 Å². The summed E-state index contributed by atoms with van der Waals surface area (Å²) in [5.74, 6) is 27.5. The Morgan fingerprint density at radius 2 is 0.581 bits per heavy atom. The summed E-state index contributed by atoms with van der Waals surface area (Å²) in [5, 5.41) is 0. The number of aryl methyl sites for hydroxylation is 2. The van der Waals surface area contributed by atoms with Crippen LogP contribution in [0.3, 0.4) is 0 Å². The first-order valence-electron chi connectivity index (χ1n) is 53.9. The highest BCUT2D eigenvalue weighted by Gasteiger charge is 2.67. The summed E-state index contributed by atoms with van der Waals surface area (Å²) in [4.78, 5) is 0. The van der Waals surface area contributed by atoms with E-state index in [-0.39, 0.29) is 16.6 Å². The van der Waals surface area contributed by atoms with Crippen molar-refractivity contribution >= 4 is 50.0 Å². The van der Waals surface area contributed by atoms with Crippen molar-refractivity contribution in [3.8, 4) is 5.75 Å². The molecule has 15 rings (SSSR count). The monoisotopic (exact) mass is 1770 g/mol. The van der Waals surface area contributed by atoms with Gasteiger partial charge in [-0.15, -0.1) is 0 Å². The third kappa shape index (κ3) is 19.5. The molecule has 704 valence electrons. The maximum atomic E-state index is 5.49. The summed E-state index contributed by atoms with van der Waals surface area (Å²) < 4.78 is 17.3. The first-order valence-corrected chi connectivity index (χ1v) is 66.0. The fourth-order valence-corrected chi connectivity index (χ4v) is 61.6. The van der Waals surface area contributed by atoms with E-state index in [1.807, 2.05) is 0 Å². The van der Waals surface area contributed by atoms with E-state index in [4.69, 9.17) is 4.74 Å². The first-order chi connectivity index (χ1) is 57.9. The van der Waals surface area contributed by atoms with Gasteiger partial charge in [0.15, 0.2) is 24.7 Å². The summed E-state index contributed by atoms with van der Waals surface area (Å²) >= 11 is 0. The van der Waals surface area contributed by atoms with Gasteiger partial charge < -0.3 is 23.0 Å². The van der Waals surface area contributed by atoms with Crippen LogP contribution in [0.2, 0.25) is 74.5 Å². The fraction of sp³-hybridized carbons (Fsp3) is 0.843. The Labute approximate surface area is 774 Å². The molecule has 0 N–H and O–H groups in total. The van der Waals surface area contributed by atoms with Gasteiger partial charge in [0.25, 0.3) is 0 Å². The van der Waals surface area contributed by atoms with Crippen LogP contribution >= 0.6 is 0 Å². The number of anilines is 3. The minimum atomic E-state index is -1.83. The lowest BCUT2D eigenvalue weighted by Crippen LogP contribution is -2.62. The predicted octanol–water partition coefficient (Wildman–Crippen LogP) is 33.9. The molecule has 3 aromatic carbocycles. The van der Waals surface area contributed by atoms with Crippen LogP contribution in [0.1, 0.15) is 338 Å². The minimum Gasteiger partial charge on any atom is -0.497 e. The zero-order valence-electron chi connectivity index (χ0n) is 88.3. The summed E-state index contributed by atoms with van der Waals surface area (Å²) in [5.41, 5.74) is 11.6. The quantitative estimate of drug-likeness (QED) is 0.125. The van der Waals surface area contributed by atoms with Crippen molar-refractivity contribution in [3.05, 3.63) is 83.9 Å². The highest BCUT2D eigenvalue weighted by atomic mass is 28.3. The van der Waals surface area contributed by atoms with Crippen molar-refractivity contribution in [1.29, 1.82) is 0 Å². The van der Waals surface area contributed by atoms with Crippen LogP contribution in [0.15, 0.2) is 72.8 Å². The second kappa shape index (κ2) is 39.3. The molecule has 124 heavy (non-hydrogen) atoms. The van der Waals surface area contributed by atoms with Crippen LogP contribution in [-0.2, 0) is 0 Å². The molecule has 28 atom stereocenters. The van der Waals surface area contributed by atoms with Gasteiger partial charge in [0.05, 0.1) is 7.11 Å². The zero-order chi connectivity index (χ0) is 91.1. The molecular formula is C115H202N4OSi4. The zero-order valence-corrected chi connectivity index (χ0v) is 92.3. The molecule has 12 fully saturated rings. The van der Waals surface area contributed by atoms with Crippen LogP contribution in [-0.4, -0.2) is 73.3 Å². The normalized spacial score (nSPS) is 36.3. The molecule has 12 aliphatic rings. The Hall–Kier alpha value is -2.31. The van der Waals surface area contributed by atoms with E-state index in [1.54, 1.807) is 38.5 Å². The second-order valence-corrected chi connectivity index (χ2v) is 71.0. The van der Waals surface area contributed by atoms with Crippen LogP contribution in [0.5, 0.6) is 5.75 Å². The van der Waals surface area contributed by atoms with Gasteiger partial charge in [-0.05, 0) is 416 Å². The Morgan fingerprint density at radius 3 is 0.839 bits per heavy atom. The maximum Gasteiger partial charge on any atom is 0.154 e. The molecule has 0 spiro atoms. The Bertz CT molecular complexity index is 3830.